The van der Waals surface area contributed by atoms with Gasteiger partial charge in [-0.1, -0.05) is 19.8 Å². The van der Waals surface area contributed by atoms with Gasteiger partial charge in [0.05, 0.1) is 5.56 Å². The van der Waals surface area contributed by atoms with Crippen LogP contribution in [0.3, 0.4) is 0 Å². The lowest BCUT2D eigenvalue weighted by Crippen LogP contribution is -2.11. The molecule has 27 heavy (non-hydrogen) atoms. The summed E-state index contributed by atoms with van der Waals surface area (Å²) in [6.45, 7) is 2.11. The zero-order chi connectivity index (χ0) is 19.7. The fourth-order valence-corrected chi connectivity index (χ4v) is 3.50. The fraction of sp³-hybridized carbons (Fsp3) is 0.333. The van der Waals surface area contributed by atoms with Crippen LogP contribution in [0.1, 0.15) is 55.2 Å². The Hall–Kier alpha value is -2.24. The fourth-order valence-electron chi connectivity index (χ4n) is 3.50. The first kappa shape index (κ1) is 19.5. The lowest BCUT2D eigenvalue weighted by molar-refractivity contribution is 0.346. The van der Waals surface area contributed by atoms with Gasteiger partial charge in [-0.25, -0.2) is 26.3 Å². The molecule has 0 atom stereocenters. The van der Waals surface area contributed by atoms with Gasteiger partial charge in [-0.05, 0) is 60.6 Å². The molecule has 144 valence electrons. The van der Waals surface area contributed by atoms with Crippen LogP contribution >= 0.6 is 0 Å². The highest BCUT2D eigenvalue weighted by molar-refractivity contribution is 5.83. The third kappa shape index (κ3) is 4.04. The van der Waals surface area contributed by atoms with Crippen molar-refractivity contribution in [3.05, 3.63) is 70.3 Å². The Balaban J connectivity index is 1.97. The van der Waals surface area contributed by atoms with Gasteiger partial charge in [0.15, 0.2) is 23.3 Å². The molecule has 1 fully saturated rings. The Kier molecular flexibility index (Phi) is 5.63. The van der Waals surface area contributed by atoms with Gasteiger partial charge in [-0.15, -0.1) is 0 Å². The molecule has 0 radical (unpaired) electrons. The maximum atomic E-state index is 14.4. The highest BCUT2D eigenvalue weighted by atomic mass is 19.2. The summed E-state index contributed by atoms with van der Waals surface area (Å²) in [5.41, 5.74) is -1.37. The van der Waals surface area contributed by atoms with Crippen LogP contribution in [0.25, 0.3) is 11.7 Å². The van der Waals surface area contributed by atoms with Gasteiger partial charge in [-0.2, -0.15) is 0 Å². The summed E-state index contributed by atoms with van der Waals surface area (Å²) in [5.74, 6) is -8.00. The average Bonchev–Trinajstić information content (AvgIpc) is 2.63. The van der Waals surface area contributed by atoms with Crippen LogP contribution < -0.4 is 0 Å². The van der Waals surface area contributed by atoms with Crippen LogP contribution in [0.4, 0.5) is 26.3 Å². The van der Waals surface area contributed by atoms with Crippen molar-refractivity contribution in [2.75, 3.05) is 0 Å². The first-order chi connectivity index (χ1) is 12.8. The molecule has 0 unspecified atom stereocenters. The summed E-state index contributed by atoms with van der Waals surface area (Å²) >= 11 is 0. The van der Waals surface area contributed by atoms with Crippen LogP contribution in [0.5, 0.6) is 0 Å². The number of benzene rings is 2. The van der Waals surface area contributed by atoms with E-state index in [9.17, 15) is 26.3 Å². The molecule has 0 aromatic heterocycles. The molecular formula is C21H18F6. The quantitative estimate of drug-likeness (QED) is 0.385. The van der Waals surface area contributed by atoms with Crippen molar-refractivity contribution in [1.82, 2.24) is 0 Å². The summed E-state index contributed by atoms with van der Waals surface area (Å²) in [6.07, 6.45) is 3.44. The van der Waals surface area contributed by atoms with Crippen LogP contribution in [0, 0.1) is 29.2 Å². The highest BCUT2D eigenvalue weighted by Crippen LogP contribution is 2.38. The maximum absolute atomic E-state index is 14.4. The summed E-state index contributed by atoms with van der Waals surface area (Å²) in [4.78, 5) is 0. The van der Waals surface area contributed by atoms with Crippen molar-refractivity contribution in [1.29, 1.82) is 0 Å². The number of hydrogen-bond donors (Lipinski definition) is 0. The molecule has 2 aromatic carbocycles. The minimum Gasteiger partial charge on any atom is -0.206 e. The van der Waals surface area contributed by atoms with Crippen molar-refractivity contribution >= 4 is 11.7 Å². The molecule has 1 aliphatic carbocycles. The molecule has 3 rings (SSSR count). The molecule has 2 aromatic rings. The van der Waals surface area contributed by atoms with E-state index in [0.717, 1.165) is 43.9 Å². The Morgan fingerprint density at radius 1 is 0.741 bits per heavy atom. The lowest BCUT2D eigenvalue weighted by atomic mass is 9.79. The van der Waals surface area contributed by atoms with Gasteiger partial charge in [0, 0.05) is 5.56 Å². The number of rotatable bonds is 3. The standard InChI is InChI=1S/C21H18F6/c1-11-2-4-12(5-3-11)14-9-17(24)19(18(25)10-14)21(27)20(26)13-6-7-15(22)16(23)8-13/h6-12H,2-5H2,1H3/b21-20+. The van der Waals surface area contributed by atoms with E-state index >= 15 is 0 Å². The average molecular weight is 384 g/mol. The molecule has 0 bridgehead atoms. The van der Waals surface area contributed by atoms with Gasteiger partial charge < -0.3 is 0 Å². The highest BCUT2D eigenvalue weighted by Gasteiger charge is 2.25. The Morgan fingerprint density at radius 2 is 1.33 bits per heavy atom. The Morgan fingerprint density at radius 3 is 1.89 bits per heavy atom. The minimum absolute atomic E-state index is 0.0256. The van der Waals surface area contributed by atoms with Crippen LogP contribution in [0.2, 0.25) is 0 Å². The van der Waals surface area contributed by atoms with E-state index in [1.54, 1.807) is 0 Å². The molecule has 0 saturated heterocycles. The Labute approximate surface area is 153 Å². The van der Waals surface area contributed by atoms with Gasteiger partial charge in [0.2, 0.25) is 0 Å². The second kappa shape index (κ2) is 7.79. The third-order valence-corrected chi connectivity index (χ3v) is 5.14. The molecule has 6 heteroatoms. The summed E-state index contributed by atoms with van der Waals surface area (Å²) in [5, 5.41) is 0. The van der Waals surface area contributed by atoms with Crippen LogP contribution in [-0.4, -0.2) is 0 Å². The second-order valence-corrected chi connectivity index (χ2v) is 7.07. The summed E-state index contributed by atoms with van der Waals surface area (Å²) in [7, 11) is 0. The van der Waals surface area contributed by atoms with Crippen molar-refractivity contribution in [2.45, 2.75) is 38.5 Å². The third-order valence-electron chi connectivity index (χ3n) is 5.14. The van der Waals surface area contributed by atoms with Crippen molar-refractivity contribution in [2.24, 2.45) is 5.92 Å². The monoisotopic (exact) mass is 384 g/mol. The predicted octanol–water partition coefficient (Wildman–Crippen LogP) is 7.30. The van der Waals surface area contributed by atoms with E-state index < -0.39 is 46.0 Å². The van der Waals surface area contributed by atoms with E-state index in [-0.39, 0.29) is 5.92 Å². The van der Waals surface area contributed by atoms with E-state index in [4.69, 9.17) is 0 Å². The molecular weight excluding hydrogens is 366 g/mol. The first-order valence-corrected chi connectivity index (χ1v) is 8.78. The van der Waals surface area contributed by atoms with Crippen molar-refractivity contribution in [3.8, 4) is 0 Å². The van der Waals surface area contributed by atoms with Gasteiger partial charge in [0.1, 0.15) is 11.6 Å². The molecule has 0 aliphatic heterocycles. The van der Waals surface area contributed by atoms with E-state index in [2.05, 4.69) is 6.92 Å². The van der Waals surface area contributed by atoms with Gasteiger partial charge >= 0.3 is 0 Å². The predicted molar refractivity (Wildman–Crippen MR) is 92.1 cm³/mol. The molecule has 0 amide bonds. The van der Waals surface area contributed by atoms with Crippen molar-refractivity contribution < 1.29 is 26.3 Å². The zero-order valence-corrected chi connectivity index (χ0v) is 14.6. The molecule has 1 saturated carbocycles. The zero-order valence-electron chi connectivity index (χ0n) is 14.6. The Bertz CT molecular complexity index is 855. The summed E-state index contributed by atoms with van der Waals surface area (Å²) < 4.78 is 83.6. The largest absolute Gasteiger partial charge is 0.206 e. The van der Waals surface area contributed by atoms with Gasteiger partial charge in [-0.3, -0.25) is 0 Å². The SMILES string of the molecule is CC1CCC(c2cc(F)c(/C(F)=C(\F)c3ccc(F)c(F)c3)c(F)c2)CC1. The topological polar surface area (TPSA) is 0 Å². The lowest BCUT2D eigenvalue weighted by Gasteiger charge is -2.26. The van der Waals surface area contributed by atoms with E-state index in [0.29, 0.717) is 23.6 Å². The normalized spacial score (nSPS) is 21.1. The molecule has 0 heterocycles. The molecule has 0 spiro atoms. The maximum Gasteiger partial charge on any atom is 0.172 e. The number of halogens is 6. The van der Waals surface area contributed by atoms with E-state index in [1.807, 2.05) is 0 Å². The first-order valence-electron chi connectivity index (χ1n) is 8.78. The van der Waals surface area contributed by atoms with Crippen molar-refractivity contribution in [3.63, 3.8) is 0 Å². The number of hydrogen-bond acceptors (Lipinski definition) is 0. The second-order valence-electron chi connectivity index (χ2n) is 7.07. The molecule has 1 aliphatic rings. The summed E-state index contributed by atoms with van der Waals surface area (Å²) in [6, 6.07) is 3.88. The smallest absolute Gasteiger partial charge is 0.172 e. The molecule has 0 N–H and O–H groups in total. The van der Waals surface area contributed by atoms with Gasteiger partial charge in [0.25, 0.3) is 0 Å². The van der Waals surface area contributed by atoms with Crippen LogP contribution in [-0.2, 0) is 0 Å². The van der Waals surface area contributed by atoms with E-state index in [1.165, 1.54) is 0 Å². The minimum atomic E-state index is -1.79. The van der Waals surface area contributed by atoms with Crippen LogP contribution in [0.15, 0.2) is 30.3 Å². The molecule has 0 nitrogen and oxygen atoms in total.